The Bertz CT molecular complexity index is 504. The molecule has 3 unspecified atom stereocenters. The number of fused-ring (bicyclic) bond motifs is 1. The van der Waals surface area contributed by atoms with Crippen LogP contribution in [0.1, 0.15) is 43.2 Å². The third-order valence-electron chi connectivity index (χ3n) is 4.82. The summed E-state index contributed by atoms with van der Waals surface area (Å²) < 4.78 is 0. The van der Waals surface area contributed by atoms with Crippen LogP contribution < -0.4 is 10.6 Å². The Kier molecular flexibility index (Phi) is 5.28. The van der Waals surface area contributed by atoms with Crippen LogP contribution in [-0.2, 0) is 4.79 Å². The monoisotopic (exact) mass is 308 g/mol. The highest BCUT2D eigenvalue weighted by Crippen LogP contribution is 2.33. The van der Waals surface area contributed by atoms with E-state index in [-0.39, 0.29) is 24.4 Å². The van der Waals surface area contributed by atoms with E-state index in [4.69, 9.17) is 0 Å². The number of hydrogen-bond donors (Lipinski definition) is 2. The van der Waals surface area contributed by atoms with E-state index < -0.39 is 0 Å². The molecule has 0 bridgehead atoms. The molecule has 0 spiro atoms. The van der Waals surface area contributed by atoms with Gasteiger partial charge in [-0.25, -0.2) is 0 Å². The van der Waals surface area contributed by atoms with Crippen molar-refractivity contribution in [1.29, 1.82) is 0 Å². The predicted molar refractivity (Wildman–Crippen MR) is 89.1 cm³/mol. The van der Waals surface area contributed by atoms with Gasteiger partial charge in [-0.1, -0.05) is 30.5 Å². The van der Waals surface area contributed by atoms with Crippen LogP contribution in [0.3, 0.4) is 0 Å². The summed E-state index contributed by atoms with van der Waals surface area (Å²) in [6.45, 7) is 4.12. The molecule has 0 radical (unpaired) electrons. The Hall–Kier alpha value is -1.06. The Balaban J connectivity index is 0.00000161. The Labute approximate surface area is 133 Å². The van der Waals surface area contributed by atoms with Crippen LogP contribution in [0.4, 0.5) is 5.69 Å². The summed E-state index contributed by atoms with van der Waals surface area (Å²) in [5.41, 5.74) is 3.30. The fourth-order valence-corrected chi connectivity index (χ4v) is 3.69. The molecular weight excluding hydrogens is 284 g/mol. The van der Waals surface area contributed by atoms with Crippen LogP contribution in [-0.4, -0.2) is 18.0 Å². The first-order valence-electron chi connectivity index (χ1n) is 7.77. The number of benzene rings is 1. The number of halogens is 1. The summed E-state index contributed by atoms with van der Waals surface area (Å²) in [4.78, 5) is 12.4. The second kappa shape index (κ2) is 6.80. The van der Waals surface area contributed by atoms with Crippen LogP contribution in [0.25, 0.3) is 0 Å². The molecule has 3 rings (SSSR count). The fraction of sp³-hybridized carbons (Fsp3) is 0.588. The van der Waals surface area contributed by atoms with Crippen molar-refractivity contribution in [3.63, 3.8) is 0 Å². The summed E-state index contributed by atoms with van der Waals surface area (Å²) in [6, 6.07) is 6.72. The second-order valence-corrected chi connectivity index (χ2v) is 6.41. The van der Waals surface area contributed by atoms with Gasteiger partial charge in [-0.15, -0.1) is 12.4 Å². The molecule has 1 aliphatic carbocycles. The van der Waals surface area contributed by atoms with Gasteiger partial charge in [-0.3, -0.25) is 4.79 Å². The van der Waals surface area contributed by atoms with E-state index in [9.17, 15) is 4.79 Å². The highest BCUT2D eigenvalue weighted by molar-refractivity contribution is 5.95. The van der Waals surface area contributed by atoms with E-state index in [1.807, 2.05) is 19.1 Å². The molecule has 3 nitrogen and oxygen atoms in total. The molecule has 1 aliphatic heterocycles. The molecule has 21 heavy (non-hydrogen) atoms. The van der Waals surface area contributed by atoms with Crippen molar-refractivity contribution in [3.05, 3.63) is 29.3 Å². The van der Waals surface area contributed by atoms with Crippen molar-refractivity contribution in [2.45, 2.75) is 58.0 Å². The summed E-state index contributed by atoms with van der Waals surface area (Å²) >= 11 is 0. The first-order chi connectivity index (χ1) is 9.63. The third-order valence-corrected chi connectivity index (χ3v) is 4.82. The van der Waals surface area contributed by atoms with Gasteiger partial charge in [-0.2, -0.15) is 0 Å². The van der Waals surface area contributed by atoms with Crippen molar-refractivity contribution < 1.29 is 4.79 Å². The molecular formula is C17H25ClN2O. The number of nitrogens with one attached hydrogen (secondary N) is 2. The zero-order chi connectivity index (χ0) is 14.1. The van der Waals surface area contributed by atoms with Gasteiger partial charge in [0.05, 0.1) is 6.04 Å². The minimum atomic E-state index is -0.0104. The molecule has 1 saturated heterocycles. The first-order valence-corrected chi connectivity index (χ1v) is 7.77. The van der Waals surface area contributed by atoms with Crippen molar-refractivity contribution >= 4 is 24.0 Å². The standard InChI is InChI=1S/C17H24N2O.ClH/c1-11-7-8-14(12(2)9-11)19-17(20)16-10-13-5-3-4-6-15(13)18-16;/h7-9,13,15-16,18H,3-6,10H2,1-2H3,(H,19,20);1H. The number of anilines is 1. The Morgan fingerprint density at radius 2 is 2.00 bits per heavy atom. The molecule has 0 aromatic heterocycles. The van der Waals surface area contributed by atoms with Gasteiger partial charge in [0.1, 0.15) is 0 Å². The van der Waals surface area contributed by atoms with Gasteiger partial charge in [0.15, 0.2) is 0 Å². The number of carbonyl (C=O) groups excluding carboxylic acids is 1. The lowest BCUT2D eigenvalue weighted by Gasteiger charge is -2.24. The Morgan fingerprint density at radius 1 is 1.24 bits per heavy atom. The second-order valence-electron chi connectivity index (χ2n) is 6.41. The average Bonchev–Trinajstić information content (AvgIpc) is 2.86. The minimum Gasteiger partial charge on any atom is -0.324 e. The normalized spacial score (nSPS) is 27.6. The molecule has 2 N–H and O–H groups in total. The van der Waals surface area contributed by atoms with Crippen LogP contribution in [0.15, 0.2) is 18.2 Å². The molecule has 3 atom stereocenters. The summed E-state index contributed by atoms with van der Waals surface area (Å²) in [7, 11) is 0. The number of aryl methyl sites for hydroxylation is 2. The van der Waals surface area contributed by atoms with Crippen molar-refractivity contribution in [1.82, 2.24) is 5.32 Å². The lowest BCUT2D eigenvalue weighted by molar-refractivity contribution is -0.117. The molecule has 1 saturated carbocycles. The number of amides is 1. The Morgan fingerprint density at radius 3 is 2.71 bits per heavy atom. The van der Waals surface area contributed by atoms with Gasteiger partial charge in [-0.05, 0) is 50.7 Å². The molecule has 2 aliphatic rings. The highest BCUT2D eigenvalue weighted by Gasteiger charge is 2.38. The summed E-state index contributed by atoms with van der Waals surface area (Å²) in [6.07, 6.45) is 6.15. The van der Waals surface area contributed by atoms with Crippen LogP contribution in [0.2, 0.25) is 0 Å². The minimum absolute atomic E-state index is 0. The highest BCUT2D eigenvalue weighted by atomic mass is 35.5. The number of rotatable bonds is 2. The van der Waals surface area contributed by atoms with E-state index in [0.717, 1.165) is 17.7 Å². The quantitative estimate of drug-likeness (QED) is 0.876. The number of carbonyl (C=O) groups is 1. The van der Waals surface area contributed by atoms with Gasteiger partial charge < -0.3 is 10.6 Å². The fourth-order valence-electron chi connectivity index (χ4n) is 3.69. The lowest BCUT2D eigenvalue weighted by atomic mass is 9.85. The third kappa shape index (κ3) is 3.58. The van der Waals surface area contributed by atoms with E-state index in [1.165, 1.54) is 31.2 Å². The maximum Gasteiger partial charge on any atom is 0.241 e. The zero-order valence-corrected chi connectivity index (χ0v) is 13.6. The molecule has 116 valence electrons. The van der Waals surface area contributed by atoms with E-state index in [1.54, 1.807) is 0 Å². The van der Waals surface area contributed by atoms with Crippen LogP contribution >= 0.6 is 12.4 Å². The molecule has 2 fully saturated rings. The van der Waals surface area contributed by atoms with E-state index >= 15 is 0 Å². The average molecular weight is 309 g/mol. The topological polar surface area (TPSA) is 41.1 Å². The zero-order valence-electron chi connectivity index (χ0n) is 12.8. The molecule has 4 heteroatoms. The molecule has 1 aromatic rings. The van der Waals surface area contributed by atoms with Crippen molar-refractivity contribution in [2.24, 2.45) is 5.92 Å². The lowest BCUT2D eigenvalue weighted by Crippen LogP contribution is -2.40. The van der Waals surface area contributed by atoms with Crippen LogP contribution in [0.5, 0.6) is 0 Å². The van der Waals surface area contributed by atoms with Crippen LogP contribution in [0, 0.1) is 19.8 Å². The number of hydrogen-bond acceptors (Lipinski definition) is 2. The van der Waals surface area contributed by atoms with Gasteiger partial charge in [0.25, 0.3) is 0 Å². The van der Waals surface area contributed by atoms with Crippen molar-refractivity contribution in [3.8, 4) is 0 Å². The summed E-state index contributed by atoms with van der Waals surface area (Å²) in [5.74, 6) is 0.838. The van der Waals surface area contributed by atoms with Gasteiger partial charge in [0.2, 0.25) is 5.91 Å². The largest absolute Gasteiger partial charge is 0.324 e. The smallest absolute Gasteiger partial charge is 0.241 e. The maximum absolute atomic E-state index is 12.4. The molecule has 1 heterocycles. The summed E-state index contributed by atoms with van der Waals surface area (Å²) in [5, 5.41) is 6.62. The van der Waals surface area contributed by atoms with Crippen molar-refractivity contribution in [2.75, 3.05) is 5.32 Å². The van der Waals surface area contributed by atoms with E-state index in [0.29, 0.717) is 12.0 Å². The maximum atomic E-state index is 12.4. The predicted octanol–water partition coefficient (Wildman–Crippen LogP) is 3.58. The SMILES string of the molecule is Cc1ccc(NC(=O)C2CC3CCCCC3N2)c(C)c1.Cl. The van der Waals surface area contributed by atoms with E-state index in [2.05, 4.69) is 23.6 Å². The first kappa shape index (κ1) is 16.3. The molecule has 1 aromatic carbocycles. The van der Waals surface area contributed by atoms with Gasteiger partial charge >= 0.3 is 0 Å². The molecule has 1 amide bonds. The van der Waals surface area contributed by atoms with Gasteiger partial charge in [0, 0.05) is 11.7 Å².